The lowest BCUT2D eigenvalue weighted by molar-refractivity contribution is 0.0419. The molecule has 0 spiro atoms. The normalized spacial score (nSPS) is 21.5. The van der Waals surface area contributed by atoms with E-state index in [1.54, 1.807) is 0 Å². The third-order valence-corrected chi connectivity index (χ3v) is 5.09. The number of rotatable bonds is 7. The Hall–Kier alpha value is -0.850. The van der Waals surface area contributed by atoms with Gasteiger partial charge < -0.3 is 20.1 Å². The van der Waals surface area contributed by atoms with E-state index in [1.165, 1.54) is 32.5 Å². The van der Waals surface area contributed by atoms with Crippen molar-refractivity contribution in [2.45, 2.75) is 18.9 Å². The molecular formula is C19H32ClN3O2. The number of benzene rings is 1. The minimum Gasteiger partial charge on any atom is -0.491 e. The summed E-state index contributed by atoms with van der Waals surface area (Å²) in [7, 11) is 0. The van der Waals surface area contributed by atoms with Crippen molar-refractivity contribution in [3.05, 3.63) is 30.3 Å². The average Bonchev–Trinajstić information content (AvgIpc) is 2.63. The Labute approximate surface area is 157 Å². The van der Waals surface area contributed by atoms with E-state index < -0.39 is 6.10 Å². The van der Waals surface area contributed by atoms with Gasteiger partial charge in [0.2, 0.25) is 0 Å². The van der Waals surface area contributed by atoms with E-state index in [9.17, 15) is 5.11 Å². The molecule has 2 N–H and O–H groups in total. The monoisotopic (exact) mass is 369 g/mol. The minimum absolute atomic E-state index is 0. The number of hydrogen-bond acceptors (Lipinski definition) is 5. The largest absolute Gasteiger partial charge is 0.491 e. The van der Waals surface area contributed by atoms with Crippen molar-refractivity contribution < 1.29 is 9.84 Å². The van der Waals surface area contributed by atoms with Crippen LogP contribution in [-0.2, 0) is 0 Å². The first-order valence-corrected chi connectivity index (χ1v) is 9.31. The molecule has 2 fully saturated rings. The van der Waals surface area contributed by atoms with Gasteiger partial charge in [0, 0.05) is 39.3 Å². The summed E-state index contributed by atoms with van der Waals surface area (Å²) in [5, 5.41) is 13.6. The number of para-hydroxylation sites is 1. The summed E-state index contributed by atoms with van der Waals surface area (Å²) in [6, 6.07) is 9.71. The van der Waals surface area contributed by atoms with Gasteiger partial charge in [-0.2, -0.15) is 0 Å². The van der Waals surface area contributed by atoms with Crippen LogP contribution < -0.4 is 10.1 Å². The van der Waals surface area contributed by atoms with Crippen LogP contribution in [-0.4, -0.2) is 80.0 Å². The summed E-state index contributed by atoms with van der Waals surface area (Å²) in [6.45, 7) is 9.01. The first kappa shape index (κ1) is 20.5. The predicted octanol–water partition coefficient (Wildman–Crippen LogP) is 1.47. The van der Waals surface area contributed by atoms with E-state index >= 15 is 0 Å². The van der Waals surface area contributed by atoms with Crippen LogP contribution in [0.1, 0.15) is 12.8 Å². The van der Waals surface area contributed by atoms with Crippen molar-refractivity contribution in [3.63, 3.8) is 0 Å². The highest BCUT2D eigenvalue weighted by molar-refractivity contribution is 5.85. The molecular weight excluding hydrogens is 338 g/mol. The minimum atomic E-state index is -0.429. The van der Waals surface area contributed by atoms with Crippen molar-refractivity contribution in [2.24, 2.45) is 5.92 Å². The maximum absolute atomic E-state index is 10.2. The van der Waals surface area contributed by atoms with Crippen LogP contribution in [0, 0.1) is 5.92 Å². The zero-order valence-corrected chi connectivity index (χ0v) is 15.8. The molecule has 1 aromatic carbocycles. The first-order chi connectivity index (χ1) is 11.8. The van der Waals surface area contributed by atoms with E-state index in [1.807, 2.05) is 30.3 Å². The predicted molar refractivity (Wildman–Crippen MR) is 104 cm³/mol. The zero-order chi connectivity index (χ0) is 16.6. The molecule has 25 heavy (non-hydrogen) atoms. The van der Waals surface area contributed by atoms with Gasteiger partial charge >= 0.3 is 0 Å². The molecule has 2 aliphatic heterocycles. The molecule has 6 heteroatoms. The zero-order valence-electron chi connectivity index (χ0n) is 15.0. The number of piperidine rings is 1. The van der Waals surface area contributed by atoms with Crippen molar-refractivity contribution >= 4 is 12.4 Å². The molecule has 0 bridgehead atoms. The van der Waals surface area contributed by atoms with Crippen LogP contribution in [0.2, 0.25) is 0 Å². The molecule has 2 heterocycles. The van der Waals surface area contributed by atoms with Crippen LogP contribution in [0.5, 0.6) is 5.75 Å². The maximum Gasteiger partial charge on any atom is 0.119 e. The lowest BCUT2D eigenvalue weighted by Gasteiger charge is -2.37. The van der Waals surface area contributed by atoms with Gasteiger partial charge in [0.25, 0.3) is 0 Å². The number of ether oxygens (including phenoxy) is 1. The third-order valence-electron chi connectivity index (χ3n) is 5.09. The molecule has 1 atom stereocenters. The quantitative estimate of drug-likeness (QED) is 0.762. The lowest BCUT2D eigenvalue weighted by Crippen LogP contribution is -2.50. The molecule has 142 valence electrons. The number of halogens is 1. The highest BCUT2D eigenvalue weighted by Crippen LogP contribution is 2.15. The van der Waals surface area contributed by atoms with E-state index in [2.05, 4.69) is 15.1 Å². The molecule has 1 aromatic rings. The second-order valence-corrected chi connectivity index (χ2v) is 7.07. The van der Waals surface area contributed by atoms with Crippen LogP contribution in [0.4, 0.5) is 0 Å². The Morgan fingerprint density at radius 3 is 2.36 bits per heavy atom. The van der Waals surface area contributed by atoms with Crippen LogP contribution >= 0.6 is 12.4 Å². The molecule has 1 unspecified atom stereocenters. The molecule has 0 aromatic heterocycles. The van der Waals surface area contributed by atoms with Crippen molar-refractivity contribution in [2.75, 3.05) is 59.0 Å². The number of β-amino-alcohol motifs (C(OH)–C–C–N with tert-alkyl or cyclic N) is 1. The topological polar surface area (TPSA) is 48.0 Å². The van der Waals surface area contributed by atoms with E-state index in [0.717, 1.165) is 37.8 Å². The Morgan fingerprint density at radius 1 is 1.04 bits per heavy atom. The standard InChI is InChI=1S/C19H31N3O2.ClH/c23-18(16-24-19-4-2-1-3-5-19)15-22-12-10-21(11-13-22)14-17-6-8-20-9-7-17;/h1-5,17-18,20,23H,6-16H2;1H. The third kappa shape index (κ3) is 7.12. The number of piperazine rings is 1. The second-order valence-electron chi connectivity index (χ2n) is 7.07. The van der Waals surface area contributed by atoms with Gasteiger partial charge in [-0.1, -0.05) is 18.2 Å². The average molecular weight is 370 g/mol. The Kier molecular flexibility index (Phi) is 8.99. The maximum atomic E-state index is 10.2. The SMILES string of the molecule is Cl.OC(COc1ccccc1)CN1CCN(CC2CCNCC2)CC1. The van der Waals surface area contributed by atoms with E-state index in [-0.39, 0.29) is 12.4 Å². The van der Waals surface area contributed by atoms with Gasteiger partial charge in [-0.25, -0.2) is 0 Å². The van der Waals surface area contributed by atoms with E-state index in [4.69, 9.17) is 4.74 Å². The fraction of sp³-hybridized carbons (Fsp3) is 0.684. The number of aliphatic hydroxyl groups excluding tert-OH is 1. The molecule has 0 radical (unpaired) electrons. The Morgan fingerprint density at radius 2 is 1.68 bits per heavy atom. The molecule has 5 nitrogen and oxygen atoms in total. The van der Waals surface area contributed by atoms with Gasteiger partial charge in [0.15, 0.2) is 0 Å². The molecule has 0 saturated carbocycles. The molecule has 2 aliphatic rings. The highest BCUT2D eigenvalue weighted by Gasteiger charge is 2.22. The fourth-order valence-corrected chi connectivity index (χ4v) is 3.64. The lowest BCUT2D eigenvalue weighted by atomic mass is 9.97. The number of nitrogens with zero attached hydrogens (tertiary/aromatic N) is 2. The molecule has 0 amide bonds. The van der Waals surface area contributed by atoms with Gasteiger partial charge in [0.1, 0.15) is 18.5 Å². The fourth-order valence-electron chi connectivity index (χ4n) is 3.64. The summed E-state index contributed by atoms with van der Waals surface area (Å²) in [4.78, 5) is 4.96. The Bertz CT molecular complexity index is 463. The van der Waals surface area contributed by atoms with Gasteiger partial charge in [-0.15, -0.1) is 12.4 Å². The summed E-state index contributed by atoms with van der Waals surface area (Å²) in [5.74, 6) is 1.69. The molecule has 0 aliphatic carbocycles. The number of hydrogen-bond donors (Lipinski definition) is 2. The summed E-state index contributed by atoms with van der Waals surface area (Å²) in [5.41, 5.74) is 0. The van der Waals surface area contributed by atoms with Gasteiger partial charge in [0.05, 0.1) is 0 Å². The van der Waals surface area contributed by atoms with Crippen LogP contribution in [0.25, 0.3) is 0 Å². The molecule has 2 saturated heterocycles. The summed E-state index contributed by atoms with van der Waals surface area (Å²) in [6.07, 6.45) is 2.20. The van der Waals surface area contributed by atoms with Crippen molar-refractivity contribution in [3.8, 4) is 5.75 Å². The number of nitrogens with one attached hydrogen (secondary N) is 1. The van der Waals surface area contributed by atoms with Crippen molar-refractivity contribution in [1.82, 2.24) is 15.1 Å². The smallest absolute Gasteiger partial charge is 0.119 e. The summed E-state index contributed by atoms with van der Waals surface area (Å²) < 4.78 is 5.64. The molecule has 3 rings (SSSR count). The van der Waals surface area contributed by atoms with E-state index in [0.29, 0.717) is 13.2 Å². The van der Waals surface area contributed by atoms with Crippen LogP contribution in [0.3, 0.4) is 0 Å². The second kappa shape index (κ2) is 11.0. The van der Waals surface area contributed by atoms with Crippen molar-refractivity contribution in [1.29, 1.82) is 0 Å². The highest BCUT2D eigenvalue weighted by atomic mass is 35.5. The van der Waals surface area contributed by atoms with Gasteiger partial charge in [-0.05, 0) is 44.0 Å². The summed E-state index contributed by atoms with van der Waals surface area (Å²) >= 11 is 0. The first-order valence-electron chi connectivity index (χ1n) is 9.31. The van der Waals surface area contributed by atoms with Crippen LogP contribution in [0.15, 0.2) is 30.3 Å². The number of aliphatic hydroxyl groups is 1. The Balaban J connectivity index is 0.00000225. The van der Waals surface area contributed by atoms with Gasteiger partial charge in [-0.3, -0.25) is 4.90 Å².